The van der Waals surface area contributed by atoms with Gasteiger partial charge in [0.1, 0.15) is 12.3 Å². The van der Waals surface area contributed by atoms with Gasteiger partial charge in [-0.1, -0.05) is 18.2 Å². The Kier molecular flexibility index (Phi) is 5.59. The molecule has 0 amide bonds. The van der Waals surface area contributed by atoms with E-state index in [1.165, 1.54) is 10.5 Å². The van der Waals surface area contributed by atoms with Crippen LogP contribution in [0.25, 0.3) is 17.3 Å². The number of ether oxygens (including phenoxy) is 1. The van der Waals surface area contributed by atoms with Crippen LogP contribution in [0.3, 0.4) is 0 Å². The number of methoxy groups -OCH3 is 1. The summed E-state index contributed by atoms with van der Waals surface area (Å²) in [5.41, 5.74) is 2.19. The highest BCUT2D eigenvalue weighted by atomic mass is 32.1. The van der Waals surface area contributed by atoms with Gasteiger partial charge in [0.2, 0.25) is 10.6 Å². The molecule has 4 rings (SSSR count). The first kappa shape index (κ1) is 19.2. The van der Waals surface area contributed by atoms with E-state index in [-0.39, 0.29) is 0 Å². The third-order valence-electron chi connectivity index (χ3n) is 4.68. The van der Waals surface area contributed by atoms with Crippen LogP contribution in [-0.2, 0) is 13.2 Å². The smallest absolute Gasteiger partial charge is 0.207 e. The van der Waals surface area contributed by atoms with Gasteiger partial charge < -0.3 is 14.1 Å². The third kappa shape index (κ3) is 4.16. The lowest BCUT2D eigenvalue weighted by atomic mass is 10.2. The van der Waals surface area contributed by atoms with Crippen molar-refractivity contribution in [2.24, 2.45) is 0 Å². The van der Waals surface area contributed by atoms with E-state index >= 15 is 0 Å². The molecule has 0 saturated heterocycles. The molecule has 148 valence electrons. The molecule has 0 radical (unpaired) electrons. The van der Waals surface area contributed by atoms with Crippen LogP contribution in [0.5, 0.6) is 5.75 Å². The van der Waals surface area contributed by atoms with Crippen LogP contribution >= 0.6 is 12.2 Å². The van der Waals surface area contributed by atoms with Gasteiger partial charge >= 0.3 is 0 Å². The van der Waals surface area contributed by atoms with E-state index in [2.05, 4.69) is 19.2 Å². The lowest BCUT2D eigenvalue weighted by Crippen LogP contribution is -3.07. The number of furan rings is 1. The van der Waals surface area contributed by atoms with Crippen molar-refractivity contribution in [2.75, 3.05) is 14.2 Å². The Labute approximate surface area is 174 Å². The summed E-state index contributed by atoms with van der Waals surface area (Å²) >= 11 is 5.78. The van der Waals surface area contributed by atoms with Crippen molar-refractivity contribution < 1.29 is 14.1 Å². The summed E-state index contributed by atoms with van der Waals surface area (Å²) in [6, 6.07) is 21.9. The first-order valence-corrected chi connectivity index (χ1v) is 9.80. The van der Waals surface area contributed by atoms with Crippen LogP contribution < -0.4 is 9.64 Å². The van der Waals surface area contributed by atoms with E-state index in [4.69, 9.17) is 26.5 Å². The summed E-state index contributed by atoms with van der Waals surface area (Å²) in [5.74, 6) is 2.24. The van der Waals surface area contributed by atoms with Gasteiger partial charge in [0.15, 0.2) is 12.4 Å². The summed E-state index contributed by atoms with van der Waals surface area (Å²) in [6.45, 7) is 1.48. The molecule has 2 aromatic heterocycles. The molecule has 0 aliphatic rings. The molecular formula is C22H23N4O2S+. The highest BCUT2D eigenvalue weighted by Gasteiger charge is 2.18. The molecule has 1 atom stereocenters. The molecule has 0 aliphatic carbocycles. The first-order valence-electron chi connectivity index (χ1n) is 9.39. The fourth-order valence-corrected chi connectivity index (χ4v) is 3.59. The minimum atomic E-state index is 0.636. The fourth-order valence-electron chi connectivity index (χ4n) is 3.29. The Bertz CT molecular complexity index is 1120. The number of nitrogens with one attached hydrogen (secondary N) is 1. The Balaban J connectivity index is 1.63. The van der Waals surface area contributed by atoms with Gasteiger partial charge in [-0.05, 0) is 60.7 Å². The van der Waals surface area contributed by atoms with Crippen LogP contribution in [-0.4, -0.2) is 28.5 Å². The monoisotopic (exact) mass is 407 g/mol. The average Bonchev–Trinajstić information content (AvgIpc) is 3.38. The van der Waals surface area contributed by atoms with Gasteiger partial charge in [-0.3, -0.25) is 4.57 Å². The van der Waals surface area contributed by atoms with Gasteiger partial charge in [0.25, 0.3) is 0 Å². The largest absolute Gasteiger partial charge is 0.497 e. The molecule has 29 heavy (non-hydrogen) atoms. The Morgan fingerprint density at radius 3 is 2.45 bits per heavy atom. The summed E-state index contributed by atoms with van der Waals surface area (Å²) < 4.78 is 15.3. The topological polar surface area (TPSA) is 49.6 Å². The molecule has 2 heterocycles. The van der Waals surface area contributed by atoms with Crippen molar-refractivity contribution in [1.29, 1.82) is 0 Å². The number of rotatable bonds is 7. The van der Waals surface area contributed by atoms with Crippen molar-refractivity contribution in [3.05, 3.63) is 83.3 Å². The van der Waals surface area contributed by atoms with E-state index < -0.39 is 0 Å². The van der Waals surface area contributed by atoms with Crippen molar-refractivity contribution in [2.45, 2.75) is 13.2 Å². The SMILES string of the molecule is COc1ccc(C[NH+](C)Cn2nc(-c3ccco3)n(-c3ccccc3)c2=S)cc1. The number of quaternary nitrogens is 1. The lowest BCUT2D eigenvalue weighted by Gasteiger charge is -2.14. The minimum Gasteiger partial charge on any atom is -0.497 e. The third-order valence-corrected chi connectivity index (χ3v) is 5.07. The maximum absolute atomic E-state index is 5.78. The van der Waals surface area contributed by atoms with E-state index in [1.807, 2.05) is 63.8 Å². The number of hydrogen-bond acceptors (Lipinski definition) is 4. The molecule has 0 spiro atoms. The minimum absolute atomic E-state index is 0.636. The zero-order valence-electron chi connectivity index (χ0n) is 16.4. The van der Waals surface area contributed by atoms with Gasteiger partial charge in [-0.2, -0.15) is 4.68 Å². The molecule has 0 fully saturated rings. The van der Waals surface area contributed by atoms with E-state index in [1.54, 1.807) is 13.4 Å². The normalized spacial score (nSPS) is 12.1. The average molecular weight is 408 g/mol. The quantitative estimate of drug-likeness (QED) is 0.478. The molecule has 0 saturated carbocycles. The van der Waals surface area contributed by atoms with E-state index in [0.717, 1.165) is 18.0 Å². The second kappa shape index (κ2) is 8.46. The first-order chi connectivity index (χ1) is 14.2. The second-order valence-corrected chi connectivity index (χ2v) is 7.26. The standard InChI is InChI=1S/C22H22N4O2S/c1-24(15-17-10-12-19(27-2)13-11-17)16-25-22(29)26(18-7-4-3-5-8-18)21(23-25)20-9-6-14-28-20/h3-14H,15-16H2,1-2H3/p+1. The number of aromatic nitrogens is 3. The number of nitrogens with zero attached hydrogens (tertiary/aromatic N) is 3. The number of benzene rings is 2. The molecule has 7 heteroatoms. The maximum Gasteiger partial charge on any atom is 0.207 e. The second-order valence-electron chi connectivity index (χ2n) is 6.89. The number of hydrogen-bond donors (Lipinski definition) is 1. The summed E-state index contributed by atoms with van der Waals surface area (Å²) in [4.78, 5) is 1.26. The highest BCUT2D eigenvalue weighted by Crippen LogP contribution is 2.22. The molecule has 4 aromatic rings. The van der Waals surface area contributed by atoms with Crippen LogP contribution in [0.15, 0.2) is 77.4 Å². The van der Waals surface area contributed by atoms with Crippen molar-refractivity contribution >= 4 is 12.2 Å². The summed E-state index contributed by atoms with van der Waals surface area (Å²) in [5, 5.41) is 4.78. The van der Waals surface area contributed by atoms with Crippen molar-refractivity contribution in [3.63, 3.8) is 0 Å². The molecule has 0 aliphatic heterocycles. The van der Waals surface area contributed by atoms with Crippen molar-refractivity contribution in [1.82, 2.24) is 14.3 Å². The number of para-hydroxylation sites is 1. The Hall–Kier alpha value is -3.16. The van der Waals surface area contributed by atoms with Gasteiger partial charge in [-0.15, -0.1) is 5.10 Å². The molecule has 6 nitrogen and oxygen atoms in total. The molecular weight excluding hydrogens is 384 g/mol. The molecule has 1 unspecified atom stereocenters. The van der Waals surface area contributed by atoms with E-state index in [9.17, 15) is 0 Å². The zero-order valence-corrected chi connectivity index (χ0v) is 17.2. The Morgan fingerprint density at radius 1 is 1.03 bits per heavy atom. The van der Waals surface area contributed by atoms with Gasteiger partial charge in [0, 0.05) is 5.56 Å². The van der Waals surface area contributed by atoms with Crippen LogP contribution in [0.4, 0.5) is 0 Å². The molecule has 2 aromatic carbocycles. The lowest BCUT2D eigenvalue weighted by molar-refractivity contribution is -0.917. The predicted octanol–water partition coefficient (Wildman–Crippen LogP) is 3.34. The fraction of sp³-hybridized carbons (Fsp3) is 0.182. The molecule has 1 N–H and O–H groups in total. The summed E-state index contributed by atoms with van der Waals surface area (Å²) in [6.07, 6.45) is 1.65. The van der Waals surface area contributed by atoms with Crippen LogP contribution in [0.2, 0.25) is 0 Å². The molecule has 0 bridgehead atoms. The zero-order chi connectivity index (χ0) is 20.2. The Morgan fingerprint density at radius 2 is 1.79 bits per heavy atom. The summed E-state index contributed by atoms with van der Waals surface area (Å²) in [7, 11) is 3.80. The van der Waals surface area contributed by atoms with Gasteiger partial charge in [0.05, 0.1) is 26.1 Å². The van der Waals surface area contributed by atoms with Crippen LogP contribution in [0.1, 0.15) is 5.56 Å². The maximum atomic E-state index is 5.78. The van der Waals surface area contributed by atoms with Gasteiger partial charge in [-0.25, -0.2) is 0 Å². The highest BCUT2D eigenvalue weighted by molar-refractivity contribution is 7.71. The predicted molar refractivity (Wildman–Crippen MR) is 114 cm³/mol. The van der Waals surface area contributed by atoms with Crippen molar-refractivity contribution in [3.8, 4) is 23.0 Å². The van der Waals surface area contributed by atoms with E-state index in [0.29, 0.717) is 23.0 Å². The van der Waals surface area contributed by atoms with Crippen LogP contribution in [0, 0.1) is 4.77 Å².